The zero-order valence-corrected chi connectivity index (χ0v) is 11.1. The van der Waals surface area contributed by atoms with Crippen LogP contribution in [0.2, 0.25) is 0 Å². The van der Waals surface area contributed by atoms with Crippen molar-refractivity contribution in [3.63, 3.8) is 0 Å². The Morgan fingerprint density at radius 3 is 2.89 bits per heavy atom. The summed E-state index contributed by atoms with van der Waals surface area (Å²) >= 11 is 1.65. The van der Waals surface area contributed by atoms with Crippen molar-refractivity contribution in [3.05, 3.63) is 41.3 Å². The van der Waals surface area contributed by atoms with Crippen LogP contribution < -0.4 is 0 Å². The molecule has 19 heavy (non-hydrogen) atoms. The first-order valence-electron chi connectivity index (χ1n) is 5.98. The summed E-state index contributed by atoms with van der Waals surface area (Å²) in [5.41, 5.74) is 0.738. The molecule has 0 saturated carbocycles. The summed E-state index contributed by atoms with van der Waals surface area (Å²) in [6.45, 7) is 2.11. The van der Waals surface area contributed by atoms with Crippen LogP contribution in [0.3, 0.4) is 0 Å². The van der Waals surface area contributed by atoms with Gasteiger partial charge in [0, 0.05) is 10.4 Å². The maximum absolute atomic E-state index is 9.45. The number of thiophene rings is 1. The van der Waals surface area contributed by atoms with Gasteiger partial charge in [-0.3, -0.25) is 0 Å². The summed E-state index contributed by atoms with van der Waals surface area (Å²) in [5.74, 6) is 1.19. The molecule has 0 spiro atoms. The average Bonchev–Trinajstić information content (AvgIpc) is 3.07. The van der Waals surface area contributed by atoms with E-state index in [1.54, 1.807) is 29.5 Å². The maximum atomic E-state index is 9.45. The standard InChI is InChI=1S/C14H12N2O2S/c1-2-11-6-7-12(19-11)14-15-13(16-18-14)9-4-3-5-10(17)8-9/h3-8,17H,2H2,1H3. The molecule has 0 aliphatic carbocycles. The number of aromatic nitrogens is 2. The van der Waals surface area contributed by atoms with Crippen LogP contribution in [-0.2, 0) is 6.42 Å². The monoisotopic (exact) mass is 272 g/mol. The Kier molecular flexibility index (Phi) is 3.05. The number of benzene rings is 1. The van der Waals surface area contributed by atoms with Gasteiger partial charge in [-0.25, -0.2) is 0 Å². The number of rotatable bonds is 3. The van der Waals surface area contributed by atoms with Crippen molar-refractivity contribution < 1.29 is 9.63 Å². The topological polar surface area (TPSA) is 59.2 Å². The zero-order chi connectivity index (χ0) is 13.2. The fourth-order valence-electron chi connectivity index (χ4n) is 1.77. The smallest absolute Gasteiger partial charge is 0.268 e. The van der Waals surface area contributed by atoms with E-state index >= 15 is 0 Å². The lowest BCUT2D eigenvalue weighted by Gasteiger charge is -1.94. The third-order valence-electron chi connectivity index (χ3n) is 2.75. The molecular weight excluding hydrogens is 260 g/mol. The first kappa shape index (κ1) is 11.9. The molecule has 5 heteroatoms. The van der Waals surface area contributed by atoms with E-state index < -0.39 is 0 Å². The summed E-state index contributed by atoms with van der Waals surface area (Å²) in [6.07, 6.45) is 0.998. The van der Waals surface area contributed by atoms with E-state index in [1.165, 1.54) is 4.88 Å². The van der Waals surface area contributed by atoms with Crippen molar-refractivity contribution in [1.29, 1.82) is 0 Å². The Bertz CT molecular complexity index is 703. The number of phenols is 1. The van der Waals surface area contributed by atoms with Gasteiger partial charge in [0.25, 0.3) is 5.89 Å². The lowest BCUT2D eigenvalue weighted by atomic mass is 10.2. The van der Waals surface area contributed by atoms with Gasteiger partial charge in [0.05, 0.1) is 4.88 Å². The van der Waals surface area contributed by atoms with Gasteiger partial charge in [-0.15, -0.1) is 11.3 Å². The summed E-state index contributed by atoms with van der Waals surface area (Å²) in [6, 6.07) is 10.9. The second kappa shape index (κ2) is 4.85. The van der Waals surface area contributed by atoms with Gasteiger partial charge in [0.2, 0.25) is 5.82 Å². The van der Waals surface area contributed by atoms with Gasteiger partial charge in [-0.1, -0.05) is 24.2 Å². The summed E-state index contributed by atoms with van der Waals surface area (Å²) in [4.78, 5) is 6.61. The van der Waals surface area contributed by atoms with E-state index in [-0.39, 0.29) is 5.75 Å². The Morgan fingerprint density at radius 1 is 1.26 bits per heavy atom. The van der Waals surface area contributed by atoms with Crippen molar-refractivity contribution in [3.8, 4) is 27.9 Å². The van der Waals surface area contributed by atoms with E-state index in [0.717, 1.165) is 16.9 Å². The molecule has 0 radical (unpaired) electrons. The summed E-state index contributed by atoms with van der Waals surface area (Å²) in [5, 5.41) is 13.4. The fourth-order valence-corrected chi connectivity index (χ4v) is 2.64. The minimum atomic E-state index is 0.188. The zero-order valence-electron chi connectivity index (χ0n) is 10.3. The van der Waals surface area contributed by atoms with Crippen molar-refractivity contribution in [1.82, 2.24) is 10.1 Å². The highest BCUT2D eigenvalue weighted by Gasteiger charge is 2.12. The van der Waals surface area contributed by atoms with Gasteiger partial charge >= 0.3 is 0 Å². The molecule has 4 nitrogen and oxygen atoms in total. The number of hydrogen-bond acceptors (Lipinski definition) is 5. The Balaban J connectivity index is 1.95. The molecule has 0 aliphatic heterocycles. The second-order valence-corrected chi connectivity index (χ2v) is 5.26. The van der Waals surface area contributed by atoms with Crippen LogP contribution in [0.4, 0.5) is 0 Å². The number of nitrogens with zero attached hydrogens (tertiary/aromatic N) is 2. The lowest BCUT2D eigenvalue weighted by molar-refractivity contribution is 0.433. The van der Waals surface area contributed by atoms with E-state index in [9.17, 15) is 5.11 Å². The highest BCUT2D eigenvalue weighted by molar-refractivity contribution is 7.15. The molecule has 2 aromatic heterocycles. The summed E-state index contributed by atoms with van der Waals surface area (Å²) < 4.78 is 5.27. The van der Waals surface area contributed by atoms with E-state index in [4.69, 9.17) is 4.52 Å². The van der Waals surface area contributed by atoms with Gasteiger partial charge in [0.1, 0.15) is 5.75 Å². The van der Waals surface area contributed by atoms with Gasteiger partial charge in [-0.2, -0.15) is 4.98 Å². The van der Waals surface area contributed by atoms with Crippen LogP contribution in [0, 0.1) is 0 Å². The van der Waals surface area contributed by atoms with Gasteiger partial charge in [-0.05, 0) is 30.7 Å². The molecule has 1 N–H and O–H groups in total. The molecule has 2 heterocycles. The van der Waals surface area contributed by atoms with Crippen molar-refractivity contribution >= 4 is 11.3 Å². The maximum Gasteiger partial charge on any atom is 0.268 e. The highest BCUT2D eigenvalue weighted by atomic mass is 32.1. The van der Waals surface area contributed by atoms with Crippen LogP contribution >= 0.6 is 11.3 Å². The molecule has 3 aromatic rings. The van der Waals surface area contributed by atoms with Crippen molar-refractivity contribution in [2.24, 2.45) is 0 Å². The molecule has 0 amide bonds. The van der Waals surface area contributed by atoms with Crippen LogP contribution in [0.1, 0.15) is 11.8 Å². The Hall–Kier alpha value is -2.14. The molecule has 0 unspecified atom stereocenters. The first-order chi connectivity index (χ1) is 9.26. The molecule has 3 rings (SSSR count). The van der Waals surface area contributed by atoms with Crippen molar-refractivity contribution in [2.45, 2.75) is 13.3 Å². The first-order valence-corrected chi connectivity index (χ1v) is 6.80. The lowest BCUT2D eigenvalue weighted by Crippen LogP contribution is -1.79. The van der Waals surface area contributed by atoms with E-state index in [0.29, 0.717) is 11.7 Å². The predicted molar refractivity (Wildman–Crippen MR) is 74.1 cm³/mol. The van der Waals surface area contributed by atoms with Crippen LogP contribution in [0.15, 0.2) is 40.9 Å². The number of aryl methyl sites for hydroxylation is 1. The molecule has 0 fully saturated rings. The average molecular weight is 272 g/mol. The second-order valence-electron chi connectivity index (χ2n) is 4.09. The molecule has 1 aromatic carbocycles. The SMILES string of the molecule is CCc1ccc(-c2nc(-c3cccc(O)c3)no2)s1. The molecule has 0 saturated heterocycles. The summed E-state index contributed by atoms with van der Waals surface area (Å²) in [7, 11) is 0. The van der Waals surface area contributed by atoms with Gasteiger partial charge < -0.3 is 9.63 Å². The Morgan fingerprint density at radius 2 is 2.16 bits per heavy atom. The molecule has 0 aliphatic rings. The number of phenolic OH excluding ortho intramolecular Hbond substituents is 1. The van der Waals surface area contributed by atoms with Crippen LogP contribution in [0.5, 0.6) is 5.75 Å². The van der Waals surface area contributed by atoms with E-state index in [1.807, 2.05) is 12.1 Å². The molecular formula is C14H12N2O2S. The van der Waals surface area contributed by atoms with Crippen LogP contribution in [-0.4, -0.2) is 15.2 Å². The molecule has 96 valence electrons. The quantitative estimate of drug-likeness (QED) is 0.789. The number of aromatic hydroxyl groups is 1. The number of hydrogen-bond donors (Lipinski definition) is 1. The molecule has 0 atom stereocenters. The predicted octanol–water partition coefficient (Wildman–Crippen LogP) is 3.73. The Labute approximate surface area is 114 Å². The third kappa shape index (κ3) is 2.37. The van der Waals surface area contributed by atoms with Crippen LogP contribution in [0.25, 0.3) is 22.2 Å². The van der Waals surface area contributed by atoms with E-state index in [2.05, 4.69) is 23.1 Å². The third-order valence-corrected chi connectivity index (χ3v) is 3.97. The fraction of sp³-hybridized carbons (Fsp3) is 0.143. The largest absolute Gasteiger partial charge is 0.508 e. The van der Waals surface area contributed by atoms with Gasteiger partial charge in [0.15, 0.2) is 0 Å². The minimum absolute atomic E-state index is 0.188. The minimum Gasteiger partial charge on any atom is -0.508 e. The van der Waals surface area contributed by atoms with Crippen molar-refractivity contribution in [2.75, 3.05) is 0 Å². The normalized spacial score (nSPS) is 10.8. The molecule has 0 bridgehead atoms. The highest BCUT2D eigenvalue weighted by Crippen LogP contribution is 2.29.